The van der Waals surface area contributed by atoms with Gasteiger partial charge in [0.05, 0.1) is 17.7 Å². The Morgan fingerprint density at radius 3 is 2.23 bits per heavy atom. The van der Waals surface area contributed by atoms with Crippen molar-refractivity contribution in [3.05, 3.63) is 0 Å². The van der Waals surface area contributed by atoms with Crippen LogP contribution in [0.4, 0.5) is 4.79 Å². The molecule has 4 fully saturated rings. The van der Waals surface area contributed by atoms with Gasteiger partial charge in [0, 0.05) is 12.5 Å². The molecule has 4 aliphatic rings. The molecule has 226 valence electrons. The molecule has 0 bridgehead atoms. The van der Waals surface area contributed by atoms with E-state index in [1.165, 1.54) is 4.90 Å². The molecule has 0 unspecified atom stereocenters. The van der Waals surface area contributed by atoms with Crippen molar-refractivity contribution in [3.8, 4) is 0 Å². The molecule has 2 saturated carbocycles. The Morgan fingerprint density at radius 1 is 1.05 bits per heavy atom. The van der Waals surface area contributed by atoms with Gasteiger partial charge in [0.15, 0.2) is 6.10 Å². The third kappa shape index (κ3) is 6.73. The van der Waals surface area contributed by atoms with Gasteiger partial charge in [-0.2, -0.15) is 0 Å². The third-order valence-corrected chi connectivity index (χ3v) is 9.13. The van der Waals surface area contributed by atoms with Gasteiger partial charge in [0.25, 0.3) is 0 Å². The van der Waals surface area contributed by atoms with E-state index in [0.29, 0.717) is 12.3 Å². The number of aliphatic hydroxyl groups is 1. The molecule has 2 heterocycles. The second kappa shape index (κ2) is 11.8. The minimum absolute atomic E-state index is 0.0762. The zero-order valence-corrected chi connectivity index (χ0v) is 24.6. The fourth-order valence-electron chi connectivity index (χ4n) is 6.97. The van der Waals surface area contributed by atoms with Gasteiger partial charge in [-0.05, 0) is 65.7 Å². The minimum atomic E-state index is -1.53. The molecule has 4 amide bonds. The van der Waals surface area contributed by atoms with Gasteiger partial charge in [-0.1, -0.05) is 38.5 Å². The molecular formula is C29H48N4O7. The van der Waals surface area contributed by atoms with Gasteiger partial charge < -0.3 is 35.8 Å². The number of nitrogens with zero attached hydrogens (tertiary/aromatic N) is 1. The second-order valence-corrected chi connectivity index (χ2v) is 13.7. The number of nitrogens with one attached hydrogen (secondary N) is 2. The lowest BCUT2D eigenvalue weighted by Crippen LogP contribution is -2.64. The lowest BCUT2D eigenvalue weighted by molar-refractivity contribution is -0.225. The number of hydrogen-bond donors (Lipinski definition) is 4. The Hall–Kier alpha value is -2.40. The highest BCUT2D eigenvalue weighted by molar-refractivity contribution is 5.93. The van der Waals surface area contributed by atoms with Crippen molar-refractivity contribution < 1.29 is 33.8 Å². The number of carbonyl (C=O) groups is 4. The number of alkyl carbamates (subject to hydrolysis) is 1. The molecule has 4 rings (SSSR count). The number of likely N-dealkylation sites (tertiary alicyclic amines) is 1. The summed E-state index contributed by atoms with van der Waals surface area (Å²) in [4.78, 5) is 54.4. The van der Waals surface area contributed by atoms with E-state index in [-0.39, 0.29) is 30.4 Å². The number of amides is 4. The first-order valence-corrected chi connectivity index (χ1v) is 14.9. The summed E-state index contributed by atoms with van der Waals surface area (Å²) in [7, 11) is 0. The smallest absolute Gasteiger partial charge is 0.408 e. The Morgan fingerprint density at radius 2 is 1.70 bits per heavy atom. The number of nitrogens with two attached hydrogens (primary N) is 1. The molecule has 0 spiro atoms. The molecule has 40 heavy (non-hydrogen) atoms. The monoisotopic (exact) mass is 564 g/mol. The van der Waals surface area contributed by atoms with Crippen LogP contribution in [0.3, 0.4) is 0 Å². The Labute approximate surface area is 237 Å². The van der Waals surface area contributed by atoms with Crippen LogP contribution in [0.2, 0.25) is 0 Å². The summed E-state index contributed by atoms with van der Waals surface area (Å²) < 4.78 is 11.5. The number of carbonyl (C=O) groups excluding carboxylic acids is 4. The summed E-state index contributed by atoms with van der Waals surface area (Å²) in [5, 5.41) is 16.3. The van der Waals surface area contributed by atoms with Crippen molar-refractivity contribution in [1.82, 2.24) is 15.5 Å². The topological polar surface area (TPSA) is 160 Å². The first kappa shape index (κ1) is 30.6. The predicted octanol–water partition coefficient (Wildman–Crippen LogP) is 1.99. The van der Waals surface area contributed by atoms with Gasteiger partial charge >= 0.3 is 6.09 Å². The Bertz CT molecular complexity index is 970. The average Bonchev–Trinajstić information content (AvgIpc) is 3.17. The van der Waals surface area contributed by atoms with E-state index in [1.807, 2.05) is 13.8 Å². The van der Waals surface area contributed by atoms with Crippen molar-refractivity contribution in [2.24, 2.45) is 23.5 Å². The summed E-state index contributed by atoms with van der Waals surface area (Å²) in [6, 6.07) is -2.56. The number of fused-ring (bicyclic) bond motifs is 1. The van der Waals surface area contributed by atoms with Gasteiger partial charge in [-0.3, -0.25) is 14.4 Å². The third-order valence-electron chi connectivity index (χ3n) is 9.13. The quantitative estimate of drug-likeness (QED) is 0.333. The summed E-state index contributed by atoms with van der Waals surface area (Å²) in [5.41, 5.74) is 4.04. The number of aliphatic hydroxyl groups excluding tert-OH is 1. The van der Waals surface area contributed by atoms with E-state index >= 15 is 0 Å². The van der Waals surface area contributed by atoms with Crippen LogP contribution in [0.25, 0.3) is 0 Å². The maximum absolute atomic E-state index is 14.2. The summed E-state index contributed by atoms with van der Waals surface area (Å²) in [5.74, 6) is -1.73. The van der Waals surface area contributed by atoms with Crippen LogP contribution in [0, 0.1) is 17.8 Å². The highest BCUT2D eigenvalue weighted by Crippen LogP contribution is 2.48. The van der Waals surface area contributed by atoms with Crippen molar-refractivity contribution >= 4 is 23.8 Å². The van der Waals surface area contributed by atoms with Crippen LogP contribution in [-0.4, -0.2) is 81.9 Å². The summed E-state index contributed by atoms with van der Waals surface area (Å²) >= 11 is 0. The maximum atomic E-state index is 14.2. The van der Waals surface area contributed by atoms with E-state index in [1.54, 1.807) is 20.8 Å². The van der Waals surface area contributed by atoms with E-state index in [4.69, 9.17) is 15.2 Å². The molecule has 0 aromatic rings. The molecule has 0 aromatic heterocycles. The van der Waals surface area contributed by atoms with E-state index in [2.05, 4.69) is 10.6 Å². The van der Waals surface area contributed by atoms with Crippen LogP contribution in [0.1, 0.15) is 92.4 Å². The first-order valence-electron chi connectivity index (χ1n) is 14.9. The van der Waals surface area contributed by atoms with E-state index in [9.17, 15) is 24.3 Å². The lowest BCUT2D eigenvalue weighted by atomic mass is 9.76. The van der Waals surface area contributed by atoms with Crippen LogP contribution < -0.4 is 16.4 Å². The largest absolute Gasteiger partial charge is 0.444 e. The van der Waals surface area contributed by atoms with Gasteiger partial charge in [0.2, 0.25) is 17.7 Å². The molecule has 11 heteroatoms. The van der Waals surface area contributed by atoms with Gasteiger partial charge in [0.1, 0.15) is 17.7 Å². The SMILES string of the molecule is CC(C)(C)OC(=O)N[C@H](C(=O)N1C[C@@H]2OC(C)(C)[C@@H]2[C@H]1C(=O)N[C@@H](CC1CCC1)[C@@H](O)C(N)=O)C1CCCCC1. The zero-order chi connectivity index (χ0) is 29.4. The van der Waals surface area contributed by atoms with Crippen molar-refractivity contribution in [3.63, 3.8) is 0 Å². The van der Waals surface area contributed by atoms with Crippen LogP contribution >= 0.6 is 0 Å². The van der Waals surface area contributed by atoms with Crippen LogP contribution in [0.15, 0.2) is 0 Å². The number of rotatable bonds is 9. The highest BCUT2D eigenvalue weighted by atomic mass is 16.6. The molecule has 2 aliphatic carbocycles. The first-order chi connectivity index (χ1) is 18.7. The number of primary amides is 1. The molecule has 6 atom stereocenters. The fraction of sp³-hybridized carbons (Fsp3) is 0.862. The molecule has 2 aliphatic heterocycles. The normalized spacial score (nSPS) is 28.8. The fourth-order valence-corrected chi connectivity index (χ4v) is 6.97. The summed E-state index contributed by atoms with van der Waals surface area (Å²) in [6.45, 7) is 9.30. The molecule has 11 nitrogen and oxygen atoms in total. The predicted molar refractivity (Wildman–Crippen MR) is 147 cm³/mol. The molecule has 0 aromatic carbocycles. The Balaban J connectivity index is 1.58. The van der Waals surface area contributed by atoms with E-state index < -0.39 is 53.3 Å². The minimum Gasteiger partial charge on any atom is -0.444 e. The molecule has 2 saturated heterocycles. The standard InChI is InChI=1S/C29H48N4O7/c1-28(2,3)40-27(38)32-21(17-12-7-6-8-13-17)26(37)33-15-19-20(29(4,5)39-19)22(33)25(36)31-18(23(34)24(30)35)14-16-10-9-11-16/h16-23,34H,6-15H2,1-5H3,(H2,30,35)(H,31,36)(H,32,38)/t18-,19-,20-,21-,22-,23+/m0/s1. The number of hydrogen-bond acceptors (Lipinski definition) is 7. The van der Waals surface area contributed by atoms with Crippen LogP contribution in [0.5, 0.6) is 0 Å². The zero-order valence-electron chi connectivity index (χ0n) is 24.6. The summed E-state index contributed by atoms with van der Waals surface area (Å²) in [6.07, 6.45) is 5.52. The number of ether oxygens (including phenoxy) is 2. The van der Waals surface area contributed by atoms with Gasteiger partial charge in [-0.25, -0.2) is 4.79 Å². The second-order valence-electron chi connectivity index (χ2n) is 13.7. The van der Waals surface area contributed by atoms with Crippen molar-refractivity contribution in [1.29, 1.82) is 0 Å². The lowest BCUT2D eigenvalue weighted by Gasteiger charge is -2.49. The average molecular weight is 565 g/mol. The van der Waals surface area contributed by atoms with E-state index in [0.717, 1.165) is 51.4 Å². The van der Waals surface area contributed by atoms with Gasteiger partial charge in [-0.15, -0.1) is 0 Å². The molecule has 5 N–H and O–H groups in total. The van der Waals surface area contributed by atoms with Crippen molar-refractivity contribution in [2.45, 2.75) is 134 Å². The maximum Gasteiger partial charge on any atom is 0.408 e. The van der Waals surface area contributed by atoms with Crippen molar-refractivity contribution in [2.75, 3.05) is 6.54 Å². The Kier molecular flexibility index (Phi) is 9.04. The molecular weight excluding hydrogens is 516 g/mol. The highest BCUT2D eigenvalue weighted by Gasteiger charge is 2.63. The van der Waals surface area contributed by atoms with Crippen LogP contribution in [-0.2, 0) is 23.9 Å². The molecule has 0 radical (unpaired) electrons.